The van der Waals surface area contributed by atoms with Gasteiger partial charge in [0.2, 0.25) is 0 Å². The van der Waals surface area contributed by atoms with Crippen LogP contribution in [0.5, 0.6) is 11.5 Å². The highest BCUT2D eigenvalue weighted by Gasteiger charge is 2.20. The van der Waals surface area contributed by atoms with Crippen molar-refractivity contribution in [3.8, 4) is 11.5 Å². The van der Waals surface area contributed by atoms with Gasteiger partial charge in [0, 0.05) is 39.3 Å². The van der Waals surface area contributed by atoms with E-state index in [4.69, 9.17) is 9.47 Å². The molecule has 29 heavy (non-hydrogen) atoms. The molecule has 1 unspecified atom stereocenters. The fourth-order valence-electron chi connectivity index (χ4n) is 3.42. The molecule has 2 rings (SSSR count). The molecule has 0 aromatic heterocycles. The monoisotopic (exact) mass is 520 g/mol. The minimum atomic E-state index is -0.698. The minimum Gasteiger partial charge on any atom is -0.493 e. The van der Waals surface area contributed by atoms with Crippen molar-refractivity contribution in [2.24, 2.45) is 10.9 Å². The van der Waals surface area contributed by atoms with E-state index in [-0.39, 0.29) is 24.0 Å². The fraction of sp³-hybridized carbons (Fsp3) is 0.667. The summed E-state index contributed by atoms with van der Waals surface area (Å²) in [6, 6.07) is 5.45. The number of nitrogens with zero attached hydrogens (tertiary/aromatic N) is 3. The van der Waals surface area contributed by atoms with E-state index in [2.05, 4.69) is 40.9 Å². The lowest BCUT2D eigenvalue weighted by molar-refractivity contribution is 0.162. The summed E-state index contributed by atoms with van der Waals surface area (Å²) < 4.78 is 10.6. The Labute approximate surface area is 192 Å². The second-order valence-electron chi connectivity index (χ2n) is 7.51. The zero-order valence-electron chi connectivity index (χ0n) is 18.4. The van der Waals surface area contributed by atoms with E-state index < -0.39 is 6.10 Å². The molecule has 1 fully saturated rings. The molecule has 8 heteroatoms. The first kappa shape index (κ1) is 25.8. The minimum absolute atomic E-state index is 0. The number of hydrogen-bond donors (Lipinski definition) is 2. The van der Waals surface area contributed by atoms with Crippen molar-refractivity contribution in [1.29, 1.82) is 0 Å². The summed E-state index contributed by atoms with van der Waals surface area (Å²) in [4.78, 5) is 9.47. The molecule has 0 amide bonds. The maximum Gasteiger partial charge on any atom is 0.194 e. The maximum absolute atomic E-state index is 10.6. The van der Waals surface area contributed by atoms with Crippen LogP contribution in [-0.4, -0.2) is 80.9 Å². The third kappa shape index (κ3) is 7.82. The summed E-state index contributed by atoms with van der Waals surface area (Å²) in [5.74, 6) is 2.81. The summed E-state index contributed by atoms with van der Waals surface area (Å²) in [6.45, 7) is 12.8. The number of aliphatic hydroxyl groups is 1. The van der Waals surface area contributed by atoms with Crippen LogP contribution >= 0.6 is 24.0 Å². The van der Waals surface area contributed by atoms with Gasteiger partial charge in [0.25, 0.3) is 0 Å². The quantitative estimate of drug-likeness (QED) is 0.312. The van der Waals surface area contributed by atoms with Crippen LogP contribution in [0.4, 0.5) is 0 Å². The summed E-state index contributed by atoms with van der Waals surface area (Å²) in [6.07, 6.45) is -0.698. The van der Waals surface area contributed by atoms with Gasteiger partial charge in [-0.15, -0.1) is 24.0 Å². The molecule has 0 radical (unpaired) electrons. The molecule has 0 saturated carbocycles. The summed E-state index contributed by atoms with van der Waals surface area (Å²) >= 11 is 0. The highest BCUT2D eigenvalue weighted by atomic mass is 127. The first-order chi connectivity index (χ1) is 13.5. The number of guanidine groups is 1. The molecule has 1 aliphatic heterocycles. The predicted molar refractivity (Wildman–Crippen MR) is 129 cm³/mol. The second kappa shape index (κ2) is 13.1. The number of ether oxygens (including phenoxy) is 2. The van der Waals surface area contributed by atoms with Gasteiger partial charge in [-0.3, -0.25) is 9.89 Å². The average Bonchev–Trinajstić information content (AvgIpc) is 2.70. The van der Waals surface area contributed by atoms with Crippen LogP contribution in [0.1, 0.15) is 32.4 Å². The number of nitrogens with one attached hydrogen (secondary N) is 1. The Morgan fingerprint density at radius 1 is 1.14 bits per heavy atom. The van der Waals surface area contributed by atoms with E-state index in [1.54, 1.807) is 26.4 Å². The van der Waals surface area contributed by atoms with Crippen LogP contribution in [0.2, 0.25) is 0 Å². The van der Waals surface area contributed by atoms with E-state index in [0.29, 0.717) is 24.0 Å². The molecule has 0 aliphatic carbocycles. The topological polar surface area (TPSA) is 69.6 Å². The van der Waals surface area contributed by atoms with Crippen molar-refractivity contribution in [2.75, 3.05) is 60.0 Å². The molecule has 1 heterocycles. The molecule has 2 N–H and O–H groups in total. The van der Waals surface area contributed by atoms with Gasteiger partial charge in [-0.1, -0.05) is 19.9 Å². The van der Waals surface area contributed by atoms with Crippen molar-refractivity contribution >= 4 is 29.9 Å². The number of piperazine rings is 1. The van der Waals surface area contributed by atoms with Crippen molar-refractivity contribution in [3.05, 3.63) is 23.8 Å². The molecule has 166 valence electrons. The molecule has 7 nitrogen and oxygen atoms in total. The number of benzene rings is 1. The molecule has 0 bridgehead atoms. The van der Waals surface area contributed by atoms with Gasteiger partial charge in [-0.2, -0.15) is 0 Å². The van der Waals surface area contributed by atoms with E-state index in [9.17, 15) is 5.11 Å². The smallest absolute Gasteiger partial charge is 0.194 e. The van der Waals surface area contributed by atoms with E-state index in [1.165, 1.54) is 0 Å². The van der Waals surface area contributed by atoms with Gasteiger partial charge in [-0.05, 0) is 30.5 Å². The number of aliphatic imine (C=N–C) groups is 1. The average molecular weight is 520 g/mol. The third-order valence-corrected chi connectivity index (χ3v) is 4.84. The molecule has 1 aromatic rings. The lowest BCUT2D eigenvalue weighted by Gasteiger charge is -2.37. The van der Waals surface area contributed by atoms with Crippen LogP contribution < -0.4 is 14.8 Å². The van der Waals surface area contributed by atoms with Gasteiger partial charge in [0.15, 0.2) is 17.5 Å². The molecular weight excluding hydrogens is 483 g/mol. The van der Waals surface area contributed by atoms with Gasteiger partial charge in [0.1, 0.15) is 0 Å². The Morgan fingerprint density at radius 3 is 2.34 bits per heavy atom. The largest absolute Gasteiger partial charge is 0.493 e. The van der Waals surface area contributed by atoms with E-state index in [1.807, 2.05) is 6.07 Å². The van der Waals surface area contributed by atoms with Crippen LogP contribution in [0, 0.1) is 5.92 Å². The number of hydrogen-bond acceptors (Lipinski definition) is 5. The molecule has 1 saturated heterocycles. The molecule has 1 aliphatic rings. The first-order valence-corrected chi connectivity index (χ1v) is 10.1. The van der Waals surface area contributed by atoms with Gasteiger partial charge < -0.3 is 24.8 Å². The Morgan fingerprint density at radius 2 is 1.79 bits per heavy atom. The van der Waals surface area contributed by atoms with Crippen molar-refractivity contribution < 1.29 is 14.6 Å². The van der Waals surface area contributed by atoms with Crippen LogP contribution in [-0.2, 0) is 0 Å². The Balaban J connectivity index is 0.00000420. The normalized spacial score (nSPS) is 16.4. The van der Waals surface area contributed by atoms with Crippen molar-refractivity contribution in [1.82, 2.24) is 15.1 Å². The fourth-order valence-corrected chi connectivity index (χ4v) is 3.42. The maximum atomic E-state index is 10.6. The zero-order chi connectivity index (χ0) is 20.5. The van der Waals surface area contributed by atoms with E-state index in [0.717, 1.165) is 50.8 Å². The Hall–Kier alpha value is -1.26. The predicted octanol–water partition coefficient (Wildman–Crippen LogP) is 2.59. The van der Waals surface area contributed by atoms with Gasteiger partial charge >= 0.3 is 0 Å². The SMILES string of the molecule is CCNC(=NCC(O)c1ccc(OC)c(OC)c1)N1CCN(CC(C)C)CC1.I. The van der Waals surface area contributed by atoms with Crippen LogP contribution in [0.3, 0.4) is 0 Å². The molecule has 0 spiro atoms. The van der Waals surface area contributed by atoms with Crippen LogP contribution in [0.15, 0.2) is 23.2 Å². The van der Waals surface area contributed by atoms with E-state index >= 15 is 0 Å². The summed E-state index contributed by atoms with van der Waals surface area (Å²) in [7, 11) is 3.19. The molecule has 1 atom stereocenters. The highest BCUT2D eigenvalue weighted by molar-refractivity contribution is 14.0. The van der Waals surface area contributed by atoms with Gasteiger partial charge in [0.05, 0.1) is 26.9 Å². The third-order valence-electron chi connectivity index (χ3n) is 4.84. The van der Waals surface area contributed by atoms with Gasteiger partial charge in [-0.25, -0.2) is 0 Å². The standard InChI is InChI=1S/C21H36N4O3.HI/c1-6-22-21(25-11-9-24(10-12-25)15-16(2)3)23-14-18(26)17-7-8-19(27-4)20(13-17)28-5;/h7-8,13,16,18,26H,6,9-12,14-15H2,1-5H3,(H,22,23);1H. The molecule has 1 aromatic carbocycles. The zero-order valence-corrected chi connectivity index (χ0v) is 20.7. The number of rotatable bonds is 8. The van der Waals surface area contributed by atoms with Crippen molar-refractivity contribution in [2.45, 2.75) is 26.9 Å². The Kier molecular flexibility index (Phi) is 11.7. The van der Waals surface area contributed by atoms with Crippen LogP contribution in [0.25, 0.3) is 0 Å². The Bertz CT molecular complexity index is 634. The number of aliphatic hydroxyl groups excluding tert-OH is 1. The molecular formula is C21H37IN4O3. The number of halogens is 1. The lowest BCUT2D eigenvalue weighted by Crippen LogP contribution is -2.53. The summed E-state index contributed by atoms with van der Waals surface area (Å²) in [5, 5.41) is 14.0. The summed E-state index contributed by atoms with van der Waals surface area (Å²) in [5.41, 5.74) is 0.763. The van der Waals surface area contributed by atoms with Crippen molar-refractivity contribution in [3.63, 3.8) is 0 Å². The lowest BCUT2D eigenvalue weighted by atomic mass is 10.1. The first-order valence-electron chi connectivity index (χ1n) is 10.1. The number of methoxy groups -OCH3 is 2. The highest BCUT2D eigenvalue weighted by Crippen LogP contribution is 2.30. The second-order valence-corrected chi connectivity index (χ2v) is 7.51.